The fourth-order valence-corrected chi connectivity index (χ4v) is 2.51. The normalized spacial score (nSPS) is 17.6. The SMILES string of the molecule is Cc1c(C(=O)NC2(c3ncon3)CCOCC2)cnn1C. The molecule has 1 amide bonds. The molecule has 1 aliphatic heterocycles. The predicted octanol–water partition coefficient (Wildman–Crippen LogP) is 0.547. The van der Waals surface area contributed by atoms with Crippen LogP contribution in [-0.2, 0) is 17.3 Å². The summed E-state index contributed by atoms with van der Waals surface area (Å²) in [5.74, 6) is 0.299. The third-order valence-corrected chi connectivity index (χ3v) is 3.97. The Morgan fingerprint density at radius 3 is 2.76 bits per heavy atom. The van der Waals surface area contributed by atoms with E-state index in [0.29, 0.717) is 37.4 Å². The van der Waals surface area contributed by atoms with E-state index in [4.69, 9.17) is 9.26 Å². The highest BCUT2D eigenvalue weighted by Crippen LogP contribution is 2.30. The van der Waals surface area contributed by atoms with Crippen LogP contribution in [0.4, 0.5) is 0 Å². The van der Waals surface area contributed by atoms with Gasteiger partial charge < -0.3 is 14.6 Å². The molecular weight excluding hydrogens is 274 g/mol. The van der Waals surface area contributed by atoms with Gasteiger partial charge in [0.2, 0.25) is 6.39 Å². The number of amides is 1. The molecule has 0 radical (unpaired) electrons. The topological polar surface area (TPSA) is 95.1 Å². The highest BCUT2D eigenvalue weighted by atomic mass is 16.5. The van der Waals surface area contributed by atoms with E-state index in [0.717, 1.165) is 5.69 Å². The Morgan fingerprint density at radius 2 is 2.19 bits per heavy atom. The summed E-state index contributed by atoms with van der Waals surface area (Å²) in [5, 5.41) is 11.1. The third-order valence-electron chi connectivity index (χ3n) is 3.97. The lowest BCUT2D eigenvalue weighted by molar-refractivity contribution is 0.0305. The zero-order chi connectivity index (χ0) is 14.9. The highest BCUT2D eigenvalue weighted by Gasteiger charge is 2.40. The summed E-state index contributed by atoms with van der Waals surface area (Å²) in [5.41, 5.74) is 0.708. The zero-order valence-corrected chi connectivity index (χ0v) is 12.0. The van der Waals surface area contributed by atoms with Gasteiger partial charge in [0, 0.05) is 38.8 Å². The zero-order valence-electron chi connectivity index (χ0n) is 12.0. The van der Waals surface area contributed by atoms with Crippen LogP contribution in [0.25, 0.3) is 0 Å². The van der Waals surface area contributed by atoms with Gasteiger partial charge in [-0.05, 0) is 6.92 Å². The van der Waals surface area contributed by atoms with Crippen molar-refractivity contribution in [2.75, 3.05) is 13.2 Å². The number of carbonyl (C=O) groups excluding carboxylic acids is 1. The standard InChI is InChI=1S/C13H17N5O3/c1-9-10(7-15-18(9)2)11(19)16-13(3-5-20-6-4-13)12-14-8-21-17-12/h7-8H,3-6H2,1-2H3,(H,16,19). The molecule has 0 unspecified atom stereocenters. The Bertz CT molecular complexity index is 628. The van der Waals surface area contributed by atoms with Crippen molar-refractivity contribution in [3.63, 3.8) is 0 Å². The van der Waals surface area contributed by atoms with E-state index in [2.05, 4.69) is 20.6 Å². The number of rotatable bonds is 3. The molecular formula is C13H17N5O3. The Balaban J connectivity index is 1.88. The molecule has 112 valence electrons. The number of aryl methyl sites for hydroxylation is 1. The number of nitrogens with zero attached hydrogens (tertiary/aromatic N) is 4. The molecule has 2 aromatic rings. The van der Waals surface area contributed by atoms with Crippen LogP contribution in [-0.4, -0.2) is 39.0 Å². The van der Waals surface area contributed by atoms with Gasteiger partial charge in [-0.25, -0.2) is 0 Å². The molecule has 3 heterocycles. The minimum absolute atomic E-state index is 0.188. The Morgan fingerprint density at radius 1 is 1.43 bits per heavy atom. The summed E-state index contributed by atoms with van der Waals surface area (Å²) < 4.78 is 11.9. The first-order valence-electron chi connectivity index (χ1n) is 6.78. The van der Waals surface area contributed by atoms with E-state index in [1.807, 2.05) is 6.92 Å². The van der Waals surface area contributed by atoms with Crippen LogP contribution in [0.15, 0.2) is 17.1 Å². The van der Waals surface area contributed by atoms with Crippen molar-refractivity contribution in [2.45, 2.75) is 25.3 Å². The van der Waals surface area contributed by atoms with Crippen molar-refractivity contribution < 1.29 is 14.1 Å². The number of hydrogen-bond donors (Lipinski definition) is 1. The lowest BCUT2D eigenvalue weighted by atomic mass is 9.88. The molecule has 8 heteroatoms. The molecule has 1 fully saturated rings. The number of hydrogen-bond acceptors (Lipinski definition) is 6. The average molecular weight is 291 g/mol. The van der Waals surface area contributed by atoms with Crippen LogP contribution in [0.3, 0.4) is 0 Å². The van der Waals surface area contributed by atoms with Gasteiger partial charge >= 0.3 is 0 Å². The average Bonchev–Trinajstić information content (AvgIpc) is 3.12. The van der Waals surface area contributed by atoms with Crippen molar-refractivity contribution in [3.05, 3.63) is 29.7 Å². The molecule has 1 aliphatic rings. The van der Waals surface area contributed by atoms with Crippen LogP contribution < -0.4 is 5.32 Å². The van der Waals surface area contributed by atoms with Crippen molar-refractivity contribution in [2.24, 2.45) is 7.05 Å². The highest BCUT2D eigenvalue weighted by molar-refractivity contribution is 5.95. The van der Waals surface area contributed by atoms with Crippen molar-refractivity contribution in [3.8, 4) is 0 Å². The van der Waals surface area contributed by atoms with Gasteiger partial charge in [-0.3, -0.25) is 9.48 Å². The predicted molar refractivity (Wildman–Crippen MR) is 71.4 cm³/mol. The smallest absolute Gasteiger partial charge is 0.255 e. The molecule has 21 heavy (non-hydrogen) atoms. The van der Waals surface area contributed by atoms with Gasteiger partial charge in [-0.15, -0.1) is 0 Å². The van der Waals surface area contributed by atoms with Crippen molar-refractivity contribution in [1.82, 2.24) is 25.2 Å². The van der Waals surface area contributed by atoms with Gasteiger partial charge in [0.1, 0.15) is 5.54 Å². The lowest BCUT2D eigenvalue weighted by Gasteiger charge is -2.35. The van der Waals surface area contributed by atoms with E-state index in [-0.39, 0.29) is 5.91 Å². The largest absolute Gasteiger partial charge is 0.381 e. The van der Waals surface area contributed by atoms with E-state index in [1.54, 1.807) is 17.9 Å². The third kappa shape index (κ3) is 2.42. The first-order chi connectivity index (χ1) is 10.1. The van der Waals surface area contributed by atoms with Crippen LogP contribution in [0.5, 0.6) is 0 Å². The van der Waals surface area contributed by atoms with Gasteiger partial charge in [-0.2, -0.15) is 10.1 Å². The summed E-state index contributed by atoms with van der Waals surface area (Å²) >= 11 is 0. The number of ether oxygens (including phenoxy) is 1. The fraction of sp³-hybridized carbons (Fsp3) is 0.538. The molecule has 3 rings (SSSR count). The maximum atomic E-state index is 12.6. The summed E-state index contributed by atoms with van der Waals surface area (Å²) in [6.45, 7) is 2.94. The quantitative estimate of drug-likeness (QED) is 0.887. The second-order valence-electron chi connectivity index (χ2n) is 5.17. The second kappa shape index (κ2) is 5.28. The van der Waals surface area contributed by atoms with E-state index in [1.165, 1.54) is 6.39 Å². The van der Waals surface area contributed by atoms with Crippen molar-refractivity contribution >= 4 is 5.91 Å². The summed E-state index contributed by atoms with van der Waals surface area (Å²) in [6.07, 6.45) is 4.05. The number of carbonyl (C=O) groups is 1. The summed E-state index contributed by atoms with van der Waals surface area (Å²) in [7, 11) is 1.80. The van der Waals surface area contributed by atoms with Gasteiger partial charge in [-0.1, -0.05) is 5.16 Å². The molecule has 1 N–H and O–H groups in total. The monoisotopic (exact) mass is 291 g/mol. The van der Waals surface area contributed by atoms with Gasteiger partial charge in [0.05, 0.1) is 11.8 Å². The maximum Gasteiger partial charge on any atom is 0.255 e. The van der Waals surface area contributed by atoms with Crippen LogP contribution >= 0.6 is 0 Å². The molecule has 0 aromatic carbocycles. The molecule has 1 saturated heterocycles. The summed E-state index contributed by atoms with van der Waals surface area (Å²) in [4.78, 5) is 16.7. The second-order valence-corrected chi connectivity index (χ2v) is 5.17. The van der Waals surface area contributed by atoms with E-state index >= 15 is 0 Å². The molecule has 0 aliphatic carbocycles. The lowest BCUT2D eigenvalue weighted by Crippen LogP contribution is -2.50. The van der Waals surface area contributed by atoms with Gasteiger partial charge in [0.25, 0.3) is 5.91 Å². The minimum atomic E-state index is -0.648. The van der Waals surface area contributed by atoms with Crippen LogP contribution in [0, 0.1) is 6.92 Å². The number of nitrogens with one attached hydrogen (secondary N) is 1. The maximum absolute atomic E-state index is 12.6. The molecule has 0 spiro atoms. The Kier molecular flexibility index (Phi) is 3.46. The minimum Gasteiger partial charge on any atom is -0.381 e. The first-order valence-corrected chi connectivity index (χ1v) is 6.78. The van der Waals surface area contributed by atoms with E-state index in [9.17, 15) is 4.79 Å². The first kappa shape index (κ1) is 13.7. The van der Waals surface area contributed by atoms with Crippen LogP contribution in [0.2, 0.25) is 0 Å². The van der Waals surface area contributed by atoms with Crippen LogP contribution in [0.1, 0.15) is 34.7 Å². The van der Waals surface area contributed by atoms with Gasteiger partial charge in [0.15, 0.2) is 5.82 Å². The van der Waals surface area contributed by atoms with E-state index < -0.39 is 5.54 Å². The molecule has 0 saturated carbocycles. The summed E-state index contributed by atoms with van der Waals surface area (Å²) in [6, 6.07) is 0. The Labute approximate surface area is 121 Å². The fourth-order valence-electron chi connectivity index (χ4n) is 2.51. The molecule has 2 aromatic heterocycles. The molecule has 8 nitrogen and oxygen atoms in total. The molecule has 0 bridgehead atoms. The Hall–Kier alpha value is -2.22. The van der Waals surface area contributed by atoms with Crippen molar-refractivity contribution in [1.29, 1.82) is 0 Å². The number of aromatic nitrogens is 4. The molecule has 0 atom stereocenters.